The van der Waals surface area contributed by atoms with Gasteiger partial charge in [-0.05, 0) is 172 Å². The standard InChI is InChI=1S/C78H53B2N5O2/c1-7-25-54(26-8-1)81(55-27-9-2-10-28-55)62-49-63(82(56-29-11-3-12-30-56)60-45-47-67-75(52-60)86-73-43-23-41-71-77(73)79(67)65-37-19-21-39-69(65)84(71)58-33-15-5-16-34-58)51-64(50-62)83(57-31-13-4-14-32-57)61-46-48-68-76(53-61)87-74-44-24-42-72-78(74)80(68)66-38-20-22-40-70(66)85(72)59-35-17-6-18-36-59/h1-53H. The van der Waals surface area contributed by atoms with Crippen molar-refractivity contribution in [2.45, 2.75) is 0 Å². The number of benzene rings is 13. The summed E-state index contributed by atoms with van der Waals surface area (Å²) in [5, 5.41) is 0. The summed E-state index contributed by atoms with van der Waals surface area (Å²) in [7, 11) is 0. The molecule has 0 amide bonds. The third-order valence-electron chi connectivity index (χ3n) is 17.4. The smallest absolute Gasteiger partial charge is 0.256 e. The fourth-order valence-electron chi connectivity index (χ4n) is 13.8. The fourth-order valence-corrected chi connectivity index (χ4v) is 13.8. The van der Waals surface area contributed by atoms with Crippen molar-refractivity contribution in [2.24, 2.45) is 0 Å². The summed E-state index contributed by atoms with van der Waals surface area (Å²) in [6.07, 6.45) is 0. The van der Waals surface area contributed by atoms with Crippen LogP contribution in [0.25, 0.3) is 0 Å². The minimum Gasteiger partial charge on any atom is -0.458 e. The molecule has 0 radical (unpaired) electrons. The molecule has 0 saturated carbocycles. The molecular weight excluding hydrogens is 1060 g/mol. The number of ether oxygens (including phenoxy) is 2. The second kappa shape index (κ2) is 20.7. The Balaban J connectivity index is 0.851. The molecule has 7 nitrogen and oxygen atoms in total. The van der Waals surface area contributed by atoms with Gasteiger partial charge in [-0.15, -0.1) is 0 Å². The maximum atomic E-state index is 7.20. The third-order valence-corrected chi connectivity index (χ3v) is 17.4. The van der Waals surface area contributed by atoms with E-state index in [9.17, 15) is 0 Å². The van der Waals surface area contributed by atoms with Crippen LogP contribution in [0.1, 0.15) is 0 Å². The number of anilines is 15. The lowest BCUT2D eigenvalue weighted by Crippen LogP contribution is -2.59. The van der Waals surface area contributed by atoms with E-state index >= 15 is 0 Å². The number of nitrogens with zero attached hydrogens (tertiary/aromatic N) is 5. The highest BCUT2D eigenvalue weighted by atomic mass is 16.5. The zero-order chi connectivity index (χ0) is 57.4. The SMILES string of the molecule is c1ccc(N(c2ccccc2)c2cc(N(c3ccccc3)c3ccc4c(c3)Oc3cccc5c3B4c3ccccc3N5c3ccccc3)cc(N(c3ccccc3)c3ccc4c(c3)Oc3cccc5c3B4c3ccccc3N5c3ccccc3)c2)cc1. The quantitative estimate of drug-likeness (QED) is 0.119. The Labute approximate surface area is 507 Å². The summed E-state index contributed by atoms with van der Waals surface area (Å²) in [5.41, 5.74) is 22.6. The van der Waals surface area contributed by atoms with E-state index in [4.69, 9.17) is 9.47 Å². The molecule has 17 rings (SSSR count). The first-order valence-electron chi connectivity index (χ1n) is 29.7. The number of para-hydroxylation sites is 8. The van der Waals surface area contributed by atoms with E-state index in [0.717, 1.165) is 119 Å². The van der Waals surface area contributed by atoms with E-state index in [-0.39, 0.29) is 13.4 Å². The van der Waals surface area contributed by atoms with Crippen LogP contribution >= 0.6 is 0 Å². The molecule has 0 fully saturated rings. The van der Waals surface area contributed by atoms with E-state index < -0.39 is 0 Å². The monoisotopic (exact) mass is 1110 g/mol. The first kappa shape index (κ1) is 50.1. The highest BCUT2D eigenvalue weighted by molar-refractivity contribution is 7.00. The van der Waals surface area contributed by atoms with Gasteiger partial charge in [-0.25, -0.2) is 0 Å². The van der Waals surface area contributed by atoms with Crippen LogP contribution in [0.3, 0.4) is 0 Å². The lowest BCUT2D eigenvalue weighted by atomic mass is 9.34. The Morgan fingerprint density at radius 3 is 0.897 bits per heavy atom. The van der Waals surface area contributed by atoms with Crippen molar-refractivity contribution in [1.29, 1.82) is 0 Å². The highest BCUT2D eigenvalue weighted by Crippen LogP contribution is 2.49. The average Bonchev–Trinajstić information content (AvgIpc) is 0.857. The lowest BCUT2D eigenvalue weighted by Gasteiger charge is -2.40. The normalized spacial score (nSPS) is 12.7. The van der Waals surface area contributed by atoms with Crippen molar-refractivity contribution in [3.05, 3.63) is 322 Å². The van der Waals surface area contributed by atoms with Gasteiger partial charge >= 0.3 is 0 Å². The Kier molecular flexibility index (Phi) is 11.9. The second-order valence-corrected chi connectivity index (χ2v) is 22.4. The van der Waals surface area contributed by atoms with Gasteiger partial charge in [0.25, 0.3) is 13.4 Å². The zero-order valence-corrected chi connectivity index (χ0v) is 47.3. The van der Waals surface area contributed by atoms with Crippen LogP contribution in [0, 0.1) is 0 Å². The van der Waals surface area contributed by atoms with Gasteiger partial charge in [0.1, 0.15) is 23.0 Å². The van der Waals surface area contributed by atoms with E-state index in [1.54, 1.807) is 0 Å². The van der Waals surface area contributed by atoms with Crippen LogP contribution in [-0.4, -0.2) is 13.4 Å². The molecule has 13 aromatic rings. The van der Waals surface area contributed by atoms with E-state index in [0.29, 0.717) is 0 Å². The molecule has 0 unspecified atom stereocenters. The summed E-state index contributed by atoms with van der Waals surface area (Å²) in [5.74, 6) is 3.35. The van der Waals surface area contributed by atoms with Gasteiger partial charge in [-0.1, -0.05) is 170 Å². The molecule has 0 saturated heterocycles. The summed E-state index contributed by atoms with van der Waals surface area (Å²) >= 11 is 0. The Morgan fingerprint density at radius 2 is 0.529 bits per heavy atom. The largest absolute Gasteiger partial charge is 0.458 e. The van der Waals surface area contributed by atoms with Crippen molar-refractivity contribution < 1.29 is 9.47 Å². The van der Waals surface area contributed by atoms with Crippen LogP contribution in [0.5, 0.6) is 23.0 Å². The second-order valence-electron chi connectivity index (χ2n) is 22.4. The Bertz CT molecular complexity index is 4450. The van der Waals surface area contributed by atoms with Gasteiger partial charge in [0.05, 0.1) is 17.1 Å². The van der Waals surface area contributed by atoms with Gasteiger partial charge in [0, 0.05) is 80.4 Å². The molecule has 0 atom stereocenters. The van der Waals surface area contributed by atoms with Crippen LogP contribution in [-0.2, 0) is 0 Å². The molecule has 13 aromatic carbocycles. The van der Waals surface area contributed by atoms with Gasteiger partial charge in [-0.3, -0.25) is 0 Å². The molecule has 0 spiro atoms. The molecule has 0 bridgehead atoms. The van der Waals surface area contributed by atoms with Crippen molar-refractivity contribution in [3.8, 4) is 23.0 Å². The number of rotatable bonds is 11. The molecule has 0 aromatic heterocycles. The molecular formula is C78H53B2N5O2. The highest BCUT2D eigenvalue weighted by Gasteiger charge is 2.44. The third kappa shape index (κ3) is 8.38. The topological polar surface area (TPSA) is 34.7 Å². The van der Waals surface area contributed by atoms with Crippen molar-refractivity contribution in [1.82, 2.24) is 0 Å². The maximum Gasteiger partial charge on any atom is 0.256 e. The van der Waals surface area contributed by atoms with Crippen LogP contribution in [0.4, 0.5) is 85.3 Å². The van der Waals surface area contributed by atoms with Crippen molar-refractivity contribution >= 4 is 132 Å². The van der Waals surface area contributed by atoms with E-state index in [1.165, 1.54) is 21.9 Å². The fraction of sp³-hybridized carbons (Fsp3) is 0. The summed E-state index contributed by atoms with van der Waals surface area (Å²) in [6, 6.07) is 115. The number of fused-ring (bicyclic) bond motifs is 8. The van der Waals surface area contributed by atoms with Crippen LogP contribution < -0.4 is 66.8 Å². The van der Waals surface area contributed by atoms with E-state index in [2.05, 4.69) is 346 Å². The Morgan fingerprint density at radius 1 is 0.218 bits per heavy atom. The van der Waals surface area contributed by atoms with Crippen LogP contribution in [0.15, 0.2) is 322 Å². The maximum absolute atomic E-state index is 7.20. The molecule has 408 valence electrons. The summed E-state index contributed by atoms with van der Waals surface area (Å²) < 4.78 is 14.4. The molecule has 4 heterocycles. The molecule has 87 heavy (non-hydrogen) atoms. The zero-order valence-electron chi connectivity index (χ0n) is 47.3. The summed E-state index contributed by atoms with van der Waals surface area (Å²) in [6.45, 7) is -0.106. The molecule has 0 N–H and O–H groups in total. The lowest BCUT2D eigenvalue weighted by molar-refractivity contribution is 0.487. The number of hydrogen-bond acceptors (Lipinski definition) is 7. The van der Waals surface area contributed by atoms with Gasteiger partial charge in [0.2, 0.25) is 0 Å². The van der Waals surface area contributed by atoms with E-state index in [1.807, 2.05) is 0 Å². The number of hydrogen-bond donors (Lipinski definition) is 0. The minimum absolute atomic E-state index is 0.0528. The van der Waals surface area contributed by atoms with Gasteiger partial charge < -0.3 is 34.0 Å². The van der Waals surface area contributed by atoms with Gasteiger partial charge in [0.15, 0.2) is 0 Å². The van der Waals surface area contributed by atoms with Crippen molar-refractivity contribution in [2.75, 3.05) is 24.5 Å². The molecule has 9 heteroatoms. The first-order chi connectivity index (χ1) is 43.2. The van der Waals surface area contributed by atoms with Crippen LogP contribution in [0.2, 0.25) is 0 Å². The van der Waals surface area contributed by atoms with Gasteiger partial charge in [-0.2, -0.15) is 0 Å². The molecule has 4 aliphatic rings. The Hall–Kier alpha value is -11.4. The molecule has 4 aliphatic heterocycles. The average molecular weight is 1110 g/mol. The van der Waals surface area contributed by atoms with Crippen molar-refractivity contribution in [3.63, 3.8) is 0 Å². The molecule has 0 aliphatic carbocycles. The first-order valence-corrected chi connectivity index (χ1v) is 29.7. The predicted molar refractivity (Wildman–Crippen MR) is 362 cm³/mol. The predicted octanol–water partition coefficient (Wildman–Crippen LogP) is 16.9. The summed E-state index contributed by atoms with van der Waals surface area (Å²) in [4.78, 5) is 11.8. The minimum atomic E-state index is -0.0528.